The lowest BCUT2D eigenvalue weighted by molar-refractivity contribution is -0.129. The Bertz CT molecular complexity index is 1400. The van der Waals surface area contributed by atoms with E-state index in [-0.39, 0.29) is 36.1 Å². The lowest BCUT2D eigenvalue weighted by atomic mass is 9.84. The second kappa shape index (κ2) is 13.2. The van der Waals surface area contributed by atoms with Crippen molar-refractivity contribution in [2.24, 2.45) is 4.99 Å². The molecule has 0 aromatic heterocycles. The van der Waals surface area contributed by atoms with Gasteiger partial charge in [0.05, 0.1) is 6.61 Å². The summed E-state index contributed by atoms with van der Waals surface area (Å²) in [5.74, 6) is -1.04. The normalized spacial score (nSPS) is 18.1. The van der Waals surface area contributed by atoms with Gasteiger partial charge in [-0.25, -0.2) is 19.2 Å². The Labute approximate surface area is 240 Å². The van der Waals surface area contributed by atoms with Crippen molar-refractivity contribution in [3.63, 3.8) is 0 Å². The molecule has 0 fully saturated rings. The highest BCUT2D eigenvalue weighted by Gasteiger charge is 2.53. The van der Waals surface area contributed by atoms with Crippen LogP contribution >= 0.6 is 23.2 Å². The summed E-state index contributed by atoms with van der Waals surface area (Å²) in [5.41, 5.74) is 4.75. The number of halogens is 4. The first-order valence-corrected chi connectivity index (χ1v) is 13.2. The topological polar surface area (TPSA) is 92.2 Å². The van der Waals surface area contributed by atoms with E-state index < -0.39 is 29.2 Å². The lowest BCUT2D eigenvalue weighted by Crippen LogP contribution is -2.52. The zero-order chi connectivity index (χ0) is 28.7. The summed E-state index contributed by atoms with van der Waals surface area (Å²) in [4.78, 5) is 18.5. The maximum absolute atomic E-state index is 14.1. The molecule has 0 aliphatic carbocycles. The summed E-state index contributed by atoms with van der Waals surface area (Å²) in [6, 6.07) is 14.8. The number of nitrogens with one attached hydrogen (secondary N) is 2. The molecule has 3 aromatic carbocycles. The average Bonchev–Trinajstić information content (AvgIpc) is 3.31. The van der Waals surface area contributed by atoms with Gasteiger partial charge in [-0.15, -0.1) is 6.58 Å². The van der Waals surface area contributed by atoms with Gasteiger partial charge in [0.1, 0.15) is 17.4 Å². The van der Waals surface area contributed by atoms with Gasteiger partial charge in [-0.3, -0.25) is 10.2 Å². The minimum atomic E-state index is -1.56. The summed E-state index contributed by atoms with van der Waals surface area (Å²) in [7, 11) is 0. The molecule has 1 aliphatic heterocycles. The van der Waals surface area contributed by atoms with E-state index in [9.17, 15) is 13.6 Å². The van der Waals surface area contributed by atoms with E-state index in [0.717, 1.165) is 18.2 Å². The second-order valence-corrected chi connectivity index (χ2v) is 9.83. The first-order valence-electron chi connectivity index (χ1n) is 12.4. The molecular weight excluding hydrogens is 563 g/mol. The van der Waals surface area contributed by atoms with Gasteiger partial charge in [0.15, 0.2) is 11.6 Å². The fraction of sp³-hybridized carbons (Fsp3) is 0.241. The van der Waals surface area contributed by atoms with Gasteiger partial charge in [0.2, 0.25) is 5.90 Å². The number of hydrazine groups is 1. The fourth-order valence-electron chi connectivity index (χ4n) is 4.23. The van der Waals surface area contributed by atoms with Crippen molar-refractivity contribution in [2.75, 3.05) is 13.2 Å². The largest absolute Gasteiger partial charge is 0.494 e. The third-order valence-corrected chi connectivity index (χ3v) is 6.78. The highest BCUT2D eigenvalue weighted by Crippen LogP contribution is 2.45. The van der Waals surface area contributed by atoms with Crippen molar-refractivity contribution < 1.29 is 28.2 Å². The Hall–Kier alpha value is -3.50. The van der Waals surface area contributed by atoms with E-state index in [4.69, 9.17) is 42.8 Å². The summed E-state index contributed by atoms with van der Waals surface area (Å²) >= 11 is 12.6. The molecule has 11 heteroatoms. The summed E-state index contributed by atoms with van der Waals surface area (Å²) in [6.45, 7) is 4.01. The number of amides is 1. The van der Waals surface area contributed by atoms with E-state index in [1.54, 1.807) is 42.5 Å². The number of carbonyl (C=O) groups excluding carboxylic acids is 1. The van der Waals surface area contributed by atoms with Crippen LogP contribution in [-0.4, -0.2) is 35.7 Å². The minimum Gasteiger partial charge on any atom is -0.494 e. The molecule has 0 unspecified atom stereocenters. The number of aliphatic hydroxyl groups is 1. The Kier molecular flexibility index (Phi) is 9.76. The molecule has 210 valence electrons. The second-order valence-electron chi connectivity index (χ2n) is 8.99. The highest BCUT2D eigenvalue weighted by atomic mass is 35.5. The third kappa shape index (κ3) is 6.62. The van der Waals surface area contributed by atoms with Crippen LogP contribution in [0.2, 0.25) is 10.0 Å². The quantitative estimate of drug-likeness (QED) is 0.143. The predicted molar refractivity (Wildman–Crippen MR) is 149 cm³/mol. The van der Waals surface area contributed by atoms with Crippen LogP contribution in [-0.2, 0) is 16.1 Å². The monoisotopic (exact) mass is 589 g/mol. The Morgan fingerprint density at radius 2 is 1.93 bits per heavy atom. The molecule has 3 aromatic rings. The molecule has 0 saturated heterocycles. The number of ether oxygens (including phenoxy) is 2. The molecule has 1 heterocycles. The predicted octanol–water partition coefficient (Wildman–Crippen LogP) is 5.69. The Morgan fingerprint density at radius 3 is 2.62 bits per heavy atom. The van der Waals surface area contributed by atoms with E-state index in [1.807, 2.05) is 0 Å². The number of rotatable bonds is 12. The molecule has 0 saturated carbocycles. The number of benzene rings is 3. The first kappa shape index (κ1) is 29.5. The smallest absolute Gasteiger partial charge is 0.266 e. The van der Waals surface area contributed by atoms with Crippen LogP contribution in [0.15, 0.2) is 78.3 Å². The van der Waals surface area contributed by atoms with Crippen molar-refractivity contribution in [1.82, 2.24) is 10.9 Å². The number of hydrogen-bond acceptors (Lipinski definition) is 6. The number of aliphatic imine (C=N–C) groups is 1. The zero-order valence-electron chi connectivity index (χ0n) is 21.3. The Morgan fingerprint density at radius 1 is 1.15 bits per heavy atom. The van der Waals surface area contributed by atoms with Crippen LogP contribution in [0, 0.1) is 11.6 Å². The number of aliphatic hydroxyl groups excluding tert-OH is 1. The number of carbonyl (C=O) groups is 1. The molecule has 7 nitrogen and oxygen atoms in total. The maximum atomic E-state index is 14.1. The number of nitrogens with zero attached hydrogens (tertiary/aromatic N) is 1. The molecule has 40 heavy (non-hydrogen) atoms. The number of hydrogen-bond donors (Lipinski definition) is 3. The SMILES string of the molecule is C=CC[C@]1(C(=O)NNCc2cc(F)ccc2F)N=C(c2ccc(OCCCO)cc2)O[C@H]1c1ccc(Cl)cc1Cl. The summed E-state index contributed by atoms with van der Waals surface area (Å²) in [5, 5.41) is 9.63. The van der Waals surface area contributed by atoms with Gasteiger partial charge in [-0.05, 0) is 54.6 Å². The summed E-state index contributed by atoms with van der Waals surface area (Å²) in [6.07, 6.45) is 1.12. The van der Waals surface area contributed by atoms with Crippen LogP contribution < -0.4 is 15.6 Å². The van der Waals surface area contributed by atoms with Gasteiger partial charge in [0, 0.05) is 52.7 Å². The lowest BCUT2D eigenvalue weighted by Gasteiger charge is -2.30. The molecular formula is C29H27Cl2F2N3O4. The first-order chi connectivity index (χ1) is 19.3. The van der Waals surface area contributed by atoms with Gasteiger partial charge in [-0.1, -0.05) is 35.3 Å². The van der Waals surface area contributed by atoms with E-state index in [2.05, 4.69) is 17.4 Å². The van der Waals surface area contributed by atoms with Crippen molar-refractivity contribution in [3.8, 4) is 5.75 Å². The van der Waals surface area contributed by atoms with Crippen molar-refractivity contribution >= 4 is 35.0 Å². The van der Waals surface area contributed by atoms with Gasteiger partial charge in [0.25, 0.3) is 5.91 Å². The van der Waals surface area contributed by atoms with Gasteiger partial charge < -0.3 is 14.6 Å². The molecule has 4 rings (SSSR count). The molecule has 0 radical (unpaired) electrons. The third-order valence-electron chi connectivity index (χ3n) is 6.22. The van der Waals surface area contributed by atoms with Crippen LogP contribution in [0.25, 0.3) is 0 Å². The minimum absolute atomic E-state index is 0.0247. The standard InChI is InChI=1S/C29H27Cl2F2N3O4/c1-2-12-29(28(38)36-34-17-19-15-21(32)7-11-25(19)33)26(23-10-6-20(30)16-24(23)31)40-27(35-29)18-4-8-22(9-5-18)39-14-3-13-37/h2,4-11,15-16,26,34,37H,1,3,12-14,17H2,(H,36,38)/t26-,29-/m0/s1. The highest BCUT2D eigenvalue weighted by molar-refractivity contribution is 6.35. The molecule has 1 amide bonds. The average molecular weight is 590 g/mol. The van der Waals surface area contributed by atoms with Gasteiger partial charge >= 0.3 is 0 Å². The van der Waals surface area contributed by atoms with E-state index in [1.165, 1.54) is 6.08 Å². The maximum Gasteiger partial charge on any atom is 0.266 e. The van der Waals surface area contributed by atoms with Crippen molar-refractivity contribution in [2.45, 2.75) is 31.0 Å². The zero-order valence-corrected chi connectivity index (χ0v) is 22.8. The van der Waals surface area contributed by atoms with Crippen molar-refractivity contribution in [3.05, 3.63) is 112 Å². The van der Waals surface area contributed by atoms with Crippen LogP contribution in [0.3, 0.4) is 0 Å². The fourth-order valence-corrected chi connectivity index (χ4v) is 4.74. The molecule has 0 spiro atoms. The van der Waals surface area contributed by atoms with Crippen LogP contribution in [0.5, 0.6) is 5.75 Å². The molecule has 2 atom stereocenters. The summed E-state index contributed by atoms with van der Waals surface area (Å²) < 4.78 is 39.5. The van der Waals surface area contributed by atoms with Crippen LogP contribution in [0.1, 0.15) is 35.6 Å². The Balaban J connectivity index is 1.65. The van der Waals surface area contributed by atoms with Gasteiger partial charge in [-0.2, -0.15) is 0 Å². The van der Waals surface area contributed by atoms with E-state index >= 15 is 0 Å². The molecule has 1 aliphatic rings. The molecule has 0 bridgehead atoms. The molecule has 3 N–H and O–H groups in total. The van der Waals surface area contributed by atoms with Crippen molar-refractivity contribution in [1.29, 1.82) is 0 Å². The van der Waals surface area contributed by atoms with Crippen LogP contribution in [0.4, 0.5) is 8.78 Å². The van der Waals surface area contributed by atoms with E-state index in [0.29, 0.717) is 34.9 Å².